The SMILES string of the molecule is CCCn1cc(-c2ccc(F)c(CN)c2)c(C)n1. The van der Waals surface area contributed by atoms with Gasteiger partial charge in [-0.3, -0.25) is 4.68 Å². The maximum atomic E-state index is 13.4. The molecule has 0 fully saturated rings. The highest BCUT2D eigenvalue weighted by Gasteiger charge is 2.09. The van der Waals surface area contributed by atoms with Crippen LogP contribution < -0.4 is 5.73 Å². The molecule has 0 spiro atoms. The second kappa shape index (κ2) is 5.31. The van der Waals surface area contributed by atoms with Crippen LogP contribution in [0.25, 0.3) is 11.1 Å². The number of benzene rings is 1. The van der Waals surface area contributed by atoms with Crippen molar-refractivity contribution in [3.63, 3.8) is 0 Å². The molecule has 0 bridgehead atoms. The summed E-state index contributed by atoms with van der Waals surface area (Å²) in [5, 5.41) is 4.45. The number of nitrogens with two attached hydrogens (primary N) is 1. The molecular formula is C14H18FN3. The lowest BCUT2D eigenvalue weighted by Gasteiger charge is -2.04. The van der Waals surface area contributed by atoms with Crippen molar-refractivity contribution in [3.05, 3.63) is 41.5 Å². The van der Waals surface area contributed by atoms with E-state index in [1.165, 1.54) is 6.07 Å². The molecule has 96 valence electrons. The van der Waals surface area contributed by atoms with Gasteiger partial charge in [0.2, 0.25) is 0 Å². The fourth-order valence-corrected chi connectivity index (χ4v) is 2.04. The summed E-state index contributed by atoms with van der Waals surface area (Å²) in [5.41, 5.74) is 9.03. The van der Waals surface area contributed by atoms with Crippen LogP contribution >= 0.6 is 0 Å². The average Bonchev–Trinajstić information content (AvgIpc) is 2.71. The van der Waals surface area contributed by atoms with E-state index in [4.69, 9.17) is 5.73 Å². The number of aromatic nitrogens is 2. The van der Waals surface area contributed by atoms with Gasteiger partial charge in [-0.05, 0) is 31.0 Å². The van der Waals surface area contributed by atoms with Crippen molar-refractivity contribution in [2.45, 2.75) is 33.4 Å². The van der Waals surface area contributed by atoms with E-state index in [-0.39, 0.29) is 12.4 Å². The van der Waals surface area contributed by atoms with Crippen molar-refractivity contribution in [1.82, 2.24) is 9.78 Å². The normalized spacial score (nSPS) is 10.9. The molecule has 0 saturated heterocycles. The highest BCUT2D eigenvalue weighted by molar-refractivity contribution is 5.65. The summed E-state index contributed by atoms with van der Waals surface area (Å²) in [7, 11) is 0. The predicted octanol–water partition coefficient (Wildman–Crippen LogP) is 2.87. The van der Waals surface area contributed by atoms with Crippen molar-refractivity contribution in [2.75, 3.05) is 0 Å². The average molecular weight is 247 g/mol. The fraction of sp³-hybridized carbons (Fsp3) is 0.357. The van der Waals surface area contributed by atoms with Crippen molar-refractivity contribution in [3.8, 4) is 11.1 Å². The lowest BCUT2D eigenvalue weighted by Crippen LogP contribution is -1.99. The summed E-state index contributed by atoms with van der Waals surface area (Å²) in [5.74, 6) is -0.250. The van der Waals surface area contributed by atoms with Crippen LogP contribution in [0.5, 0.6) is 0 Å². The number of rotatable bonds is 4. The minimum absolute atomic E-state index is 0.210. The second-order valence-corrected chi connectivity index (χ2v) is 4.40. The summed E-state index contributed by atoms with van der Waals surface area (Å²) in [6.07, 6.45) is 3.05. The highest BCUT2D eigenvalue weighted by atomic mass is 19.1. The van der Waals surface area contributed by atoms with Crippen LogP contribution in [0.3, 0.4) is 0 Å². The van der Waals surface area contributed by atoms with Gasteiger partial charge in [-0.15, -0.1) is 0 Å². The summed E-state index contributed by atoms with van der Waals surface area (Å²) in [6, 6.07) is 5.04. The van der Waals surface area contributed by atoms with Crippen LogP contribution in [-0.2, 0) is 13.1 Å². The van der Waals surface area contributed by atoms with Gasteiger partial charge in [-0.25, -0.2) is 4.39 Å². The topological polar surface area (TPSA) is 43.8 Å². The quantitative estimate of drug-likeness (QED) is 0.902. The maximum Gasteiger partial charge on any atom is 0.127 e. The zero-order valence-corrected chi connectivity index (χ0v) is 10.8. The van der Waals surface area contributed by atoms with Crippen LogP contribution in [0, 0.1) is 12.7 Å². The third-order valence-electron chi connectivity index (χ3n) is 2.98. The lowest BCUT2D eigenvalue weighted by atomic mass is 10.0. The number of nitrogens with zero attached hydrogens (tertiary/aromatic N) is 2. The molecule has 2 rings (SSSR count). The van der Waals surface area contributed by atoms with Gasteiger partial charge in [0, 0.05) is 30.4 Å². The first-order valence-electron chi connectivity index (χ1n) is 6.18. The molecule has 3 nitrogen and oxygen atoms in total. The van der Waals surface area contributed by atoms with E-state index in [1.807, 2.05) is 17.8 Å². The molecule has 18 heavy (non-hydrogen) atoms. The molecule has 2 aromatic rings. The predicted molar refractivity (Wildman–Crippen MR) is 70.5 cm³/mol. The highest BCUT2D eigenvalue weighted by Crippen LogP contribution is 2.24. The third-order valence-corrected chi connectivity index (χ3v) is 2.98. The van der Waals surface area contributed by atoms with Gasteiger partial charge in [0.1, 0.15) is 5.82 Å². The number of hydrogen-bond donors (Lipinski definition) is 1. The Kier molecular flexibility index (Phi) is 3.77. The molecule has 0 amide bonds. The Morgan fingerprint density at radius 3 is 2.83 bits per heavy atom. The Balaban J connectivity index is 2.41. The first-order chi connectivity index (χ1) is 8.65. The number of aryl methyl sites for hydroxylation is 2. The summed E-state index contributed by atoms with van der Waals surface area (Å²) >= 11 is 0. The van der Waals surface area contributed by atoms with Gasteiger partial charge < -0.3 is 5.73 Å². The molecule has 1 aromatic heterocycles. The monoisotopic (exact) mass is 247 g/mol. The lowest BCUT2D eigenvalue weighted by molar-refractivity contribution is 0.598. The second-order valence-electron chi connectivity index (χ2n) is 4.40. The molecule has 0 aliphatic carbocycles. The molecule has 0 aliphatic rings. The van der Waals surface area contributed by atoms with Gasteiger partial charge in [0.25, 0.3) is 0 Å². The minimum Gasteiger partial charge on any atom is -0.326 e. The molecule has 0 saturated carbocycles. The zero-order chi connectivity index (χ0) is 13.1. The van der Waals surface area contributed by atoms with Crippen LogP contribution in [0.4, 0.5) is 4.39 Å². The van der Waals surface area contributed by atoms with E-state index in [0.717, 1.165) is 29.8 Å². The molecule has 4 heteroatoms. The first-order valence-corrected chi connectivity index (χ1v) is 6.18. The Bertz CT molecular complexity index is 546. The van der Waals surface area contributed by atoms with Crippen LogP contribution in [0.2, 0.25) is 0 Å². The summed E-state index contributed by atoms with van der Waals surface area (Å²) < 4.78 is 15.3. The molecule has 0 aliphatic heterocycles. The van der Waals surface area contributed by atoms with Gasteiger partial charge in [-0.1, -0.05) is 13.0 Å². The summed E-state index contributed by atoms with van der Waals surface area (Å²) in [4.78, 5) is 0. The van der Waals surface area contributed by atoms with E-state index in [0.29, 0.717) is 5.56 Å². The maximum absolute atomic E-state index is 13.4. The van der Waals surface area contributed by atoms with Crippen molar-refractivity contribution in [2.24, 2.45) is 5.73 Å². The standard InChI is InChI=1S/C14H18FN3/c1-3-6-18-9-13(10(2)17-18)11-4-5-14(15)12(7-11)8-16/h4-5,7,9H,3,6,8,16H2,1-2H3. The minimum atomic E-state index is -0.250. The van der Waals surface area contributed by atoms with Gasteiger partial charge in [0.15, 0.2) is 0 Å². The largest absolute Gasteiger partial charge is 0.326 e. The molecule has 0 radical (unpaired) electrons. The number of hydrogen-bond acceptors (Lipinski definition) is 2. The smallest absolute Gasteiger partial charge is 0.127 e. The number of halogens is 1. The van der Waals surface area contributed by atoms with Crippen LogP contribution in [0.1, 0.15) is 24.6 Å². The molecular weight excluding hydrogens is 229 g/mol. The van der Waals surface area contributed by atoms with E-state index < -0.39 is 0 Å². The van der Waals surface area contributed by atoms with E-state index in [2.05, 4.69) is 12.0 Å². The van der Waals surface area contributed by atoms with Crippen LogP contribution in [-0.4, -0.2) is 9.78 Å². The summed E-state index contributed by atoms with van der Waals surface area (Å²) in [6.45, 7) is 5.18. The van der Waals surface area contributed by atoms with E-state index in [1.54, 1.807) is 12.1 Å². The molecule has 2 N–H and O–H groups in total. The van der Waals surface area contributed by atoms with Crippen LogP contribution in [0.15, 0.2) is 24.4 Å². The van der Waals surface area contributed by atoms with Crippen molar-refractivity contribution in [1.29, 1.82) is 0 Å². The Hall–Kier alpha value is -1.68. The Labute approximate surface area is 106 Å². The van der Waals surface area contributed by atoms with Gasteiger partial charge in [0.05, 0.1) is 5.69 Å². The van der Waals surface area contributed by atoms with Crippen molar-refractivity contribution >= 4 is 0 Å². The molecule has 0 atom stereocenters. The van der Waals surface area contributed by atoms with E-state index in [9.17, 15) is 4.39 Å². The van der Waals surface area contributed by atoms with Gasteiger partial charge >= 0.3 is 0 Å². The first kappa shape index (κ1) is 12.8. The zero-order valence-electron chi connectivity index (χ0n) is 10.8. The van der Waals surface area contributed by atoms with E-state index >= 15 is 0 Å². The third kappa shape index (κ3) is 2.43. The Morgan fingerprint density at radius 1 is 1.39 bits per heavy atom. The molecule has 1 heterocycles. The molecule has 1 aromatic carbocycles. The van der Waals surface area contributed by atoms with Gasteiger partial charge in [-0.2, -0.15) is 5.10 Å². The van der Waals surface area contributed by atoms with Crippen molar-refractivity contribution < 1.29 is 4.39 Å². The molecule has 0 unspecified atom stereocenters. The fourth-order valence-electron chi connectivity index (χ4n) is 2.04. The Morgan fingerprint density at radius 2 is 2.17 bits per heavy atom.